The van der Waals surface area contributed by atoms with Gasteiger partial charge in [0.25, 0.3) is 0 Å². The van der Waals surface area contributed by atoms with Crippen LogP contribution in [0.3, 0.4) is 0 Å². The van der Waals surface area contributed by atoms with Crippen molar-refractivity contribution >= 4 is 40.3 Å². The average Bonchev–Trinajstić information content (AvgIpc) is 3.04. The average molecular weight is 492 g/mol. The van der Waals surface area contributed by atoms with E-state index in [1.165, 1.54) is 12.1 Å². The van der Waals surface area contributed by atoms with Gasteiger partial charge in [-0.1, -0.05) is 23.2 Å². The van der Waals surface area contributed by atoms with Gasteiger partial charge in [-0.05, 0) is 49.9 Å². The van der Waals surface area contributed by atoms with Crippen LogP contribution in [0.4, 0.5) is 34.6 Å². The Morgan fingerprint density at radius 1 is 1.00 bits per heavy atom. The second kappa shape index (κ2) is 8.71. The zero-order chi connectivity index (χ0) is 23.2. The van der Waals surface area contributed by atoms with Crippen molar-refractivity contribution < 1.29 is 22.3 Å². The van der Waals surface area contributed by atoms with Crippen LogP contribution in [0, 0.1) is 11.7 Å². The normalized spacial score (nSPS) is 23.3. The van der Waals surface area contributed by atoms with Gasteiger partial charge in [0.15, 0.2) is 12.1 Å². The van der Waals surface area contributed by atoms with Gasteiger partial charge in [0.1, 0.15) is 5.75 Å². The molecule has 0 saturated heterocycles. The van der Waals surface area contributed by atoms with E-state index < -0.39 is 24.2 Å². The van der Waals surface area contributed by atoms with Gasteiger partial charge in [-0.2, -0.15) is 13.2 Å². The van der Waals surface area contributed by atoms with Gasteiger partial charge in [-0.3, -0.25) is 0 Å². The Kier molecular flexibility index (Phi) is 6.29. The maximum absolute atomic E-state index is 14.8. The van der Waals surface area contributed by atoms with E-state index in [2.05, 4.69) is 5.32 Å². The molecule has 1 aliphatic heterocycles. The number of alkyl halides is 3. The summed E-state index contributed by atoms with van der Waals surface area (Å²) in [6, 6.07) is 8.23. The highest BCUT2D eigenvalue weighted by Crippen LogP contribution is 2.47. The number of hydrogen-bond acceptors (Lipinski definition) is 4. The van der Waals surface area contributed by atoms with Gasteiger partial charge >= 0.3 is 6.18 Å². The highest BCUT2D eigenvalue weighted by Gasteiger charge is 2.45. The third-order valence-corrected chi connectivity index (χ3v) is 6.95. The van der Waals surface area contributed by atoms with Crippen LogP contribution in [0.25, 0.3) is 0 Å². The molecule has 10 heteroatoms. The number of anilines is 3. The fourth-order valence-electron chi connectivity index (χ4n) is 4.61. The van der Waals surface area contributed by atoms with Crippen molar-refractivity contribution in [3.8, 4) is 5.75 Å². The van der Waals surface area contributed by atoms with E-state index >= 15 is 0 Å². The molecule has 174 valence electrons. The van der Waals surface area contributed by atoms with Crippen molar-refractivity contribution in [1.29, 1.82) is 0 Å². The lowest BCUT2D eigenvalue weighted by molar-refractivity contribution is -0.182. The number of rotatable bonds is 4. The van der Waals surface area contributed by atoms with Crippen LogP contribution < -0.4 is 19.9 Å². The van der Waals surface area contributed by atoms with E-state index in [0.29, 0.717) is 18.6 Å². The lowest BCUT2D eigenvalue weighted by Crippen LogP contribution is -2.53. The minimum atomic E-state index is -4.19. The summed E-state index contributed by atoms with van der Waals surface area (Å²) in [5.74, 6) is -1.33. The molecule has 1 saturated carbocycles. The van der Waals surface area contributed by atoms with E-state index in [9.17, 15) is 17.6 Å². The number of fused-ring (bicyclic) bond motifs is 1. The minimum Gasteiger partial charge on any atom is -0.497 e. The molecule has 0 amide bonds. The molecule has 0 radical (unpaired) electrons. The molecule has 0 spiro atoms. The minimum absolute atomic E-state index is 0.0461. The molecule has 2 aromatic rings. The number of ether oxygens (including phenoxy) is 1. The molecule has 1 heterocycles. The Labute approximate surface area is 194 Å². The molecule has 1 N–H and O–H groups in total. The fourth-order valence-corrected chi connectivity index (χ4v) is 4.97. The number of halogens is 6. The number of methoxy groups -OCH3 is 1. The van der Waals surface area contributed by atoms with Crippen molar-refractivity contribution in [2.24, 2.45) is 5.92 Å². The highest BCUT2D eigenvalue weighted by atomic mass is 35.5. The van der Waals surface area contributed by atoms with Gasteiger partial charge in [0, 0.05) is 19.2 Å². The molecule has 0 bridgehead atoms. The first kappa shape index (κ1) is 23.1. The maximum atomic E-state index is 14.8. The number of benzene rings is 2. The summed E-state index contributed by atoms with van der Waals surface area (Å²) in [5.41, 5.74) is 1.70. The van der Waals surface area contributed by atoms with Crippen LogP contribution in [0.1, 0.15) is 25.7 Å². The van der Waals surface area contributed by atoms with Gasteiger partial charge in [0.2, 0.25) is 0 Å². The Balaban J connectivity index is 1.69. The van der Waals surface area contributed by atoms with Crippen LogP contribution in [0.15, 0.2) is 30.3 Å². The standard InChI is InChI=1S/C22H23Cl2F4N3O/c1-30-18-11-14(32-2)7-10-17(18)31(13-5-3-12(4-6-13)22(26,27)28)21(30)29-20-16(24)9-8-15(23)19(20)25/h7-13,21,29H,3-6H2,1-2H3. The fraction of sp³-hybridized carbons (Fsp3) is 0.455. The van der Waals surface area contributed by atoms with Crippen LogP contribution in [-0.2, 0) is 0 Å². The third kappa shape index (κ3) is 4.15. The topological polar surface area (TPSA) is 27.7 Å². The Hall–Kier alpha value is -2.06. The number of nitrogens with one attached hydrogen (secondary N) is 1. The SMILES string of the molecule is COc1ccc2c(c1)N(C)C(Nc1c(Cl)ccc(Cl)c1F)N2C1CCC(C(F)(F)F)CC1. The maximum Gasteiger partial charge on any atom is 0.391 e. The summed E-state index contributed by atoms with van der Waals surface area (Å²) in [7, 11) is 3.39. The van der Waals surface area contributed by atoms with E-state index in [0.717, 1.165) is 11.4 Å². The summed E-state index contributed by atoms with van der Waals surface area (Å²) >= 11 is 12.2. The predicted octanol–water partition coefficient (Wildman–Crippen LogP) is 6.91. The quantitative estimate of drug-likeness (QED) is 0.371. The summed E-state index contributed by atoms with van der Waals surface area (Å²) in [4.78, 5) is 3.91. The number of hydrogen-bond donors (Lipinski definition) is 1. The van der Waals surface area contributed by atoms with Crippen molar-refractivity contribution in [2.45, 2.75) is 44.2 Å². The summed E-state index contributed by atoms with van der Waals surface area (Å²) in [6.45, 7) is 0. The van der Waals surface area contributed by atoms with Crippen LogP contribution >= 0.6 is 23.2 Å². The summed E-state index contributed by atoms with van der Waals surface area (Å²) in [5, 5.41) is 3.23. The summed E-state index contributed by atoms with van der Waals surface area (Å²) < 4.78 is 59.7. The second-order valence-corrected chi connectivity index (χ2v) is 8.97. The smallest absolute Gasteiger partial charge is 0.391 e. The Bertz CT molecular complexity index is 996. The monoisotopic (exact) mass is 491 g/mol. The molecule has 1 atom stereocenters. The van der Waals surface area contributed by atoms with Crippen molar-refractivity contribution in [3.63, 3.8) is 0 Å². The molecule has 1 unspecified atom stereocenters. The first-order valence-electron chi connectivity index (χ1n) is 10.3. The zero-order valence-electron chi connectivity index (χ0n) is 17.5. The molecule has 4 nitrogen and oxygen atoms in total. The first-order valence-corrected chi connectivity index (χ1v) is 11.0. The predicted molar refractivity (Wildman–Crippen MR) is 120 cm³/mol. The molecule has 1 aliphatic carbocycles. The number of nitrogens with zero attached hydrogens (tertiary/aromatic N) is 2. The van der Waals surface area contributed by atoms with Crippen LogP contribution in [-0.4, -0.2) is 32.7 Å². The van der Waals surface area contributed by atoms with Crippen molar-refractivity contribution in [2.75, 3.05) is 29.3 Å². The highest BCUT2D eigenvalue weighted by molar-refractivity contribution is 6.35. The van der Waals surface area contributed by atoms with Crippen LogP contribution in [0.2, 0.25) is 10.0 Å². The second-order valence-electron chi connectivity index (χ2n) is 8.16. The van der Waals surface area contributed by atoms with Crippen molar-refractivity contribution in [1.82, 2.24) is 0 Å². The Morgan fingerprint density at radius 2 is 1.66 bits per heavy atom. The van der Waals surface area contributed by atoms with E-state index in [-0.39, 0.29) is 34.6 Å². The molecule has 0 aromatic heterocycles. The lowest BCUT2D eigenvalue weighted by Gasteiger charge is -2.41. The molecule has 32 heavy (non-hydrogen) atoms. The van der Waals surface area contributed by atoms with E-state index in [4.69, 9.17) is 27.9 Å². The van der Waals surface area contributed by atoms with Gasteiger partial charge in [-0.25, -0.2) is 4.39 Å². The molecule has 2 aromatic carbocycles. The van der Waals surface area contributed by atoms with Gasteiger partial charge in [-0.15, -0.1) is 0 Å². The van der Waals surface area contributed by atoms with Gasteiger partial charge in [0.05, 0.1) is 40.1 Å². The molecular formula is C22H23Cl2F4N3O. The largest absolute Gasteiger partial charge is 0.497 e. The van der Waals surface area contributed by atoms with Crippen molar-refractivity contribution in [3.05, 3.63) is 46.2 Å². The zero-order valence-corrected chi connectivity index (χ0v) is 19.0. The lowest BCUT2D eigenvalue weighted by atomic mass is 9.85. The molecule has 1 fully saturated rings. The van der Waals surface area contributed by atoms with E-state index in [1.807, 2.05) is 29.0 Å². The van der Waals surface area contributed by atoms with Crippen LogP contribution in [0.5, 0.6) is 5.75 Å². The first-order chi connectivity index (χ1) is 15.1. The van der Waals surface area contributed by atoms with E-state index in [1.54, 1.807) is 13.2 Å². The summed E-state index contributed by atoms with van der Waals surface area (Å²) in [6.07, 6.45) is -3.92. The molecule has 2 aliphatic rings. The van der Waals surface area contributed by atoms with Gasteiger partial charge < -0.3 is 19.9 Å². The Morgan fingerprint density at radius 3 is 2.28 bits per heavy atom. The molecule has 4 rings (SSSR count). The molecular weight excluding hydrogens is 469 g/mol. The third-order valence-electron chi connectivity index (χ3n) is 6.34.